The molecule has 4 heterocycles. The summed E-state index contributed by atoms with van der Waals surface area (Å²) in [7, 11) is 0. The van der Waals surface area contributed by atoms with Gasteiger partial charge in [-0.1, -0.05) is 6.07 Å². The number of rotatable bonds is 5. The van der Waals surface area contributed by atoms with Gasteiger partial charge in [0, 0.05) is 24.2 Å². The van der Waals surface area contributed by atoms with Crippen LogP contribution in [0.4, 0.5) is 0 Å². The molecule has 8 heteroatoms. The molecule has 1 fully saturated rings. The van der Waals surface area contributed by atoms with Gasteiger partial charge in [0.2, 0.25) is 5.91 Å². The van der Waals surface area contributed by atoms with Gasteiger partial charge in [0.25, 0.3) is 5.91 Å². The highest BCUT2D eigenvalue weighted by Gasteiger charge is 2.42. The van der Waals surface area contributed by atoms with Gasteiger partial charge in [-0.25, -0.2) is 0 Å². The van der Waals surface area contributed by atoms with Crippen molar-refractivity contribution >= 4 is 23.2 Å². The van der Waals surface area contributed by atoms with Crippen molar-refractivity contribution in [2.24, 2.45) is 5.73 Å². The standard InChI is InChI=1S/C20H24N4O3S/c21-17(25)13-24-8-5-20(6-9-24)18-14(4-10-27-20)11-16(28-18)19(26)23-12-15-3-1-2-7-22-15/h1-3,7,11H,4-6,8-10,12-13H2,(H2,21,25)(H,23,26). The Morgan fingerprint density at radius 3 is 2.86 bits per heavy atom. The number of thiophene rings is 1. The van der Waals surface area contributed by atoms with Crippen molar-refractivity contribution < 1.29 is 14.3 Å². The third-order valence-electron chi connectivity index (χ3n) is 5.40. The van der Waals surface area contributed by atoms with Crippen LogP contribution in [0.1, 0.15) is 38.6 Å². The molecule has 0 atom stereocenters. The smallest absolute Gasteiger partial charge is 0.261 e. The molecule has 0 saturated carbocycles. The monoisotopic (exact) mass is 400 g/mol. The van der Waals surface area contributed by atoms with Crippen molar-refractivity contribution in [1.29, 1.82) is 0 Å². The lowest BCUT2D eigenvalue weighted by Gasteiger charge is -2.43. The van der Waals surface area contributed by atoms with E-state index in [1.807, 2.05) is 24.3 Å². The third-order valence-corrected chi connectivity index (χ3v) is 6.76. The predicted octanol–water partition coefficient (Wildman–Crippen LogP) is 1.42. The highest BCUT2D eigenvalue weighted by molar-refractivity contribution is 7.14. The van der Waals surface area contributed by atoms with E-state index in [4.69, 9.17) is 10.5 Å². The SMILES string of the molecule is NC(=O)CN1CCC2(CC1)OCCc1cc(C(=O)NCc3ccccn3)sc12. The van der Waals surface area contributed by atoms with Gasteiger partial charge in [0.1, 0.15) is 5.60 Å². The van der Waals surface area contributed by atoms with Crippen molar-refractivity contribution in [3.05, 3.63) is 51.5 Å². The van der Waals surface area contributed by atoms with E-state index in [9.17, 15) is 9.59 Å². The molecule has 0 unspecified atom stereocenters. The minimum absolute atomic E-state index is 0.0774. The van der Waals surface area contributed by atoms with Gasteiger partial charge < -0.3 is 15.8 Å². The Bertz CT molecular complexity index is 860. The van der Waals surface area contributed by atoms with Crippen molar-refractivity contribution in [3.8, 4) is 0 Å². The number of hydrogen-bond acceptors (Lipinski definition) is 6. The van der Waals surface area contributed by atoms with Crippen LogP contribution in [-0.4, -0.2) is 47.9 Å². The minimum atomic E-state index is -0.341. The van der Waals surface area contributed by atoms with Crippen LogP contribution in [0.3, 0.4) is 0 Å². The summed E-state index contributed by atoms with van der Waals surface area (Å²) in [5.74, 6) is -0.379. The summed E-state index contributed by atoms with van der Waals surface area (Å²) in [5, 5.41) is 2.95. The lowest BCUT2D eigenvalue weighted by Crippen LogP contribution is -2.48. The fraction of sp³-hybridized carbons (Fsp3) is 0.450. The lowest BCUT2D eigenvalue weighted by atomic mass is 9.85. The first-order chi connectivity index (χ1) is 13.6. The van der Waals surface area contributed by atoms with Crippen molar-refractivity contribution in [3.63, 3.8) is 0 Å². The zero-order valence-corrected chi connectivity index (χ0v) is 16.5. The Labute approximate surface area is 167 Å². The second kappa shape index (κ2) is 7.98. The summed E-state index contributed by atoms with van der Waals surface area (Å²) in [4.78, 5) is 32.0. The Morgan fingerprint density at radius 2 is 2.14 bits per heavy atom. The van der Waals surface area contributed by atoms with Crippen LogP contribution in [0.5, 0.6) is 0 Å². The number of aromatic nitrogens is 1. The van der Waals surface area contributed by atoms with Crippen LogP contribution >= 0.6 is 11.3 Å². The molecule has 3 N–H and O–H groups in total. The van der Waals surface area contributed by atoms with Crippen molar-refractivity contribution in [2.45, 2.75) is 31.4 Å². The van der Waals surface area contributed by atoms with Gasteiger partial charge in [-0.3, -0.25) is 19.5 Å². The number of nitrogens with one attached hydrogen (secondary N) is 1. The van der Waals surface area contributed by atoms with E-state index in [-0.39, 0.29) is 24.0 Å². The number of hydrogen-bond donors (Lipinski definition) is 2. The number of amides is 2. The van der Waals surface area contributed by atoms with Crippen molar-refractivity contribution in [2.75, 3.05) is 26.2 Å². The number of nitrogens with two attached hydrogens (primary N) is 1. The van der Waals surface area contributed by atoms with Crippen molar-refractivity contribution in [1.82, 2.24) is 15.2 Å². The Hall–Kier alpha value is -2.29. The number of carbonyl (C=O) groups is 2. The molecule has 2 aromatic heterocycles. The first-order valence-electron chi connectivity index (χ1n) is 9.52. The number of likely N-dealkylation sites (tertiary alicyclic amines) is 1. The molecule has 2 aliphatic heterocycles. The highest BCUT2D eigenvalue weighted by Crippen LogP contribution is 2.45. The predicted molar refractivity (Wildman–Crippen MR) is 106 cm³/mol. The van der Waals surface area contributed by atoms with Gasteiger partial charge in [-0.2, -0.15) is 0 Å². The average molecular weight is 401 g/mol. The summed E-state index contributed by atoms with van der Waals surface area (Å²) < 4.78 is 6.23. The van der Waals surface area contributed by atoms with Gasteiger partial charge >= 0.3 is 0 Å². The molecule has 1 spiro atoms. The number of ether oxygens (including phenoxy) is 1. The molecular formula is C20H24N4O3S. The second-order valence-corrected chi connectivity index (χ2v) is 8.36. The molecule has 0 aromatic carbocycles. The summed E-state index contributed by atoms with van der Waals surface area (Å²) in [5.41, 5.74) is 7.02. The first kappa shape index (κ1) is 19.0. The van der Waals surface area contributed by atoms with E-state index in [1.165, 1.54) is 21.8 Å². The molecule has 7 nitrogen and oxygen atoms in total. The number of carbonyl (C=O) groups excluding carboxylic acids is 2. The van der Waals surface area contributed by atoms with Gasteiger partial charge in [-0.05, 0) is 43.0 Å². The van der Waals surface area contributed by atoms with Crippen LogP contribution in [0, 0.1) is 0 Å². The van der Waals surface area contributed by atoms with Gasteiger partial charge in [0.05, 0.1) is 30.3 Å². The average Bonchev–Trinajstić information content (AvgIpc) is 3.15. The molecule has 4 rings (SSSR count). The molecule has 2 amide bonds. The molecule has 2 aromatic rings. The van der Waals surface area contributed by atoms with Crippen LogP contribution < -0.4 is 11.1 Å². The number of pyridine rings is 1. The molecular weight excluding hydrogens is 376 g/mol. The van der Waals surface area contributed by atoms with Crippen LogP contribution in [0.25, 0.3) is 0 Å². The van der Waals surface area contributed by atoms with Crippen LogP contribution in [0.2, 0.25) is 0 Å². The van der Waals surface area contributed by atoms with E-state index in [2.05, 4.69) is 15.2 Å². The minimum Gasteiger partial charge on any atom is -0.369 e. The molecule has 0 bridgehead atoms. The number of piperidine rings is 1. The topological polar surface area (TPSA) is 97.5 Å². The molecule has 148 valence electrons. The quantitative estimate of drug-likeness (QED) is 0.791. The number of fused-ring (bicyclic) bond motifs is 2. The second-order valence-electron chi connectivity index (χ2n) is 7.30. The van der Waals surface area contributed by atoms with E-state index in [0.717, 1.165) is 38.0 Å². The largest absolute Gasteiger partial charge is 0.369 e. The maximum absolute atomic E-state index is 12.7. The van der Waals surface area contributed by atoms with E-state index in [1.54, 1.807) is 6.20 Å². The third kappa shape index (κ3) is 3.94. The van der Waals surface area contributed by atoms with E-state index in [0.29, 0.717) is 18.0 Å². The van der Waals surface area contributed by atoms with E-state index < -0.39 is 0 Å². The molecule has 0 radical (unpaired) electrons. The molecule has 28 heavy (non-hydrogen) atoms. The van der Waals surface area contributed by atoms with Crippen LogP contribution in [-0.2, 0) is 28.1 Å². The highest BCUT2D eigenvalue weighted by atomic mass is 32.1. The summed E-state index contributed by atoms with van der Waals surface area (Å²) in [6.45, 7) is 2.89. The number of nitrogens with zero attached hydrogens (tertiary/aromatic N) is 2. The zero-order valence-electron chi connectivity index (χ0n) is 15.6. The maximum atomic E-state index is 12.7. The fourth-order valence-electron chi connectivity index (χ4n) is 3.96. The summed E-state index contributed by atoms with van der Waals surface area (Å²) in [6.07, 6.45) is 4.16. The Balaban J connectivity index is 1.46. The Morgan fingerprint density at radius 1 is 1.32 bits per heavy atom. The fourth-order valence-corrected chi connectivity index (χ4v) is 5.29. The normalized spacial score (nSPS) is 18.6. The van der Waals surface area contributed by atoms with Gasteiger partial charge in [0.15, 0.2) is 0 Å². The Kier molecular flexibility index (Phi) is 5.43. The van der Waals surface area contributed by atoms with Crippen LogP contribution in [0.15, 0.2) is 30.5 Å². The number of primary amides is 1. The first-order valence-corrected chi connectivity index (χ1v) is 10.3. The summed E-state index contributed by atoms with van der Waals surface area (Å²) >= 11 is 1.53. The lowest BCUT2D eigenvalue weighted by molar-refractivity contribution is -0.123. The molecule has 1 saturated heterocycles. The van der Waals surface area contributed by atoms with Gasteiger partial charge in [-0.15, -0.1) is 11.3 Å². The van der Waals surface area contributed by atoms with E-state index >= 15 is 0 Å². The zero-order chi connectivity index (χ0) is 19.6. The molecule has 2 aliphatic rings. The molecule has 0 aliphatic carbocycles. The maximum Gasteiger partial charge on any atom is 0.261 e. The summed E-state index contributed by atoms with van der Waals surface area (Å²) in [6, 6.07) is 7.66.